The Morgan fingerprint density at radius 2 is 1.80 bits per heavy atom. The van der Waals surface area contributed by atoms with Gasteiger partial charge < -0.3 is 14.7 Å². The highest BCUT2D eigenvalue weighted by Gasteiger charge is 2.16. The molecule has 1 rings (SSSR count). The van der Waals surface area contributed by atoms with E-state index in [0.29, 0.717) is 18.7 Å². The van der Waals surface area contributed by atoms with Crippen LogP contribution in [0.5, 0.6) is 5.75 Å². The van der Waals surface area contributed by atoms with E-state index in [1.54, 1.807) is 0 Å². The molecule has 0 aliphatic rings. The second kappa shape index (κ2) is 7.53. The maximum Gasteiger partial charge on any atom is 0.323 e. The van der Waals surface area contributed by atoms with Crippen molar-refractivity contribution in [3.05, 3.63) is 29.3 Å². The van der Waals surface area contributed by atoms with Crippen LogP contribution in [0.1, 0.15) is 24.5 Å². The molecule has 0 atom stereocenters. The fourth-order valence-corrected chi connectivity index (χ4v) is 1.98. The number of carbonyl (C=O) groups is 2. The van der Waals surface area contributed by atoms with Crippen LogP contribution in [0, 0.1) is 13.8 Å². The summed E-state index contributed by atoms with van der Waals surface area (Å²) in [5.41, 5.74) is 2.12. The first-order valence-electron chi connectivity index (χ1n) is 6.63. The van der Waals surface area contributed by atoms with E-state index in [1.165, 1.54) is 4.90 Å². The van der Waals surface area contributed by atoms with Crippen molar-refractivity contribution in [1.29, 1.82) is 0 Å². The molecule has 0 aromatic heterocycles. The van der Waals surface area contributed by atoms with Gasteiger partial charge in [0, 0.05) is 6.54 Å². The molecule has 0 saturated heterocycles. The normalized spacial score (nSPS) is 10.2. The van der Waals surface area contributed by atoms with Gasteiger partial charge in [-0.05, 0) is 43.5 Å². The van der Waals surface area contributed by atoms with Crippen LogP contribution in [0.3, 0.4) is 0 Å². The van der Waals surface area contributed by atoms with Gasteiger partial charge in [0.1, 0.15) is 12.3 Å². The van der Waals surface area contributed by atoms with E-state index < -0.39 is 5.97 Å². The Hall–Kier alpha value is -2.04. The zero-order valence-corrected chi connectivity index (χ0v) is 12.2. The third-order valence-corrected chi connectivity index (χ3v) is 2.73. The van der Waals surface area contributed by atoms with Crippen LogP contribution < -0.4 is 4.74 Å². The molecule has 5 nitrogen and oxygen atoms in total. The zero-order valence-electron chi connectivity index (χ0n) is 12.2. The smallest absolute Gasteiger partial charge is 0.323 e. The molecule has 1 aromatic rings. The minimum absolute atomic E-state index is 0.143. The largest absolute Gasteiger partial charge is 0.484 e. The van der Waals surface area contributed by atoms with Crippen molar-refractivity contribution in [2.75, 3.05) is 19.7 Å². The Labute approximate surface area is 119 Å². The molecule has 0 unspecified atom stereocenters. The van der Waals surface area contributed by atoms with Gasteiger partial charge in [-0.3, -0.25) is 9.59 Å². The molecular formula is C15H21NO4. The molecule has 110 valence electrons. The lowest BCUT2D eigenvalue weighted by Crippen LogP contribution is -2.39. The van der Waals surface area contributed by atoms with Gasteiger partial charge in [0.2, 0.25) is 0 Å². The van der Waals surface area contributed by atoms with E-state index in [-0.39, 0.29) is 19.1 Å². The molecule has 5 heteroatoms. The van der Waals surface area contributed by atoms with Crippen LogP contribution in [0.15, 0.2) is 18.2 Å². The topological polar surface area (TPSA) is 66.8 Å². The standard InChI is InChI=1S/C15H21NO4/c1-4-5-16(9-15(18)19)14(17)10-20-13-7-11(2)6-12(3)8-13/h6-8H,4-5,9-10H2,1-3H3,(H,18,19). The number of rotatable bonds is 7. The second-order valence-electron chi connectivity index (χ2n) is 4.82. The highest BCUT2D eigenvalue weighted by molar-refractivity contribution is 5.82. The number of hydrogen-bond donors (Lipinski definition) is 1. The van der Waals surface area contributed by atoms with Crippen LogP contribution in [-0.2, 0) is 9.59 Å². The lowest BCUT2D eigenvalue weighted by molar-refractivity contribution is -0.145. The maximum absolute atomic E-state index is 11.9. The van der Waals surface area contributed by atoms with Gasteiger partial charge in [0.15, 0.2) is 6.61 Å². The van der Waals surface area contributed by atoms with Gasteiger partial charge in [-0.15, -0.1) is 0 Å². The Bertz CT molecular complexity index is 465. The van der Waals surface area contributed by atoms with Crippen molar-refractivity contribution in [3.8, 4) is 5.75 Å². The number of carbonyl (C=O) groups excluding carboxylic acids is 1. The summed E-state index contributed by atoms with van der Waals surface area (Å²) >= 11 is 0. The lowest BCUT2D eigenvalue weighted by atomic mass is 10.1. The van der Waals surface area contributed by atoms with Crippen molar-refractivity contribution in [2.45, 2.75) is 27.2 Å². The van der Waals surface area contributed by atoms with Crippen LogP contribution in [-0.4, -0.2) is 41.6 Å². The average Bonchev–Trinajstić information content (AvgIpc) is 2.33. The lowest BCUT2D eigenvalue weighted by Gasteiger charge is -2.20. The molecule has 1 amide bonds. The molecule has 0 aliphatic carbocycles. The summed E-state index contributed by atoms with van der Waals surface area (Å²) in [5.74, 6) is -0.700. The average molecular weight is 279 g/mol. The van der Waals surface area contributed by atoms with Gasteiger partial charge >= 0.3 is 5.97 Å². The Morgan fingerprint density at radius 1 is 1.20 bits per heavy atom. The molecule has 1 N–H and O–H groups in total. The van der Waals surface area contributed by atoms with Crippen LogP contribution in [0.2, 0.25) is 0 Å². The molecular weight excluding hydrogens is 258 g/mol. The number of hydrogen-bond acceptors (Lipinski definition) is 3. The van der Waals surface area contributed by atoms with E-state index in [2.05, 4.69) is 0 Å². The van der Waals surface area contributed by atoms with Crippen molar-refractivity contribution >= 4 is 11.9 Å². The minimum atomic E-state index is -1.02. The first kappa shape index (κ1) is 16.0. The van der Waals surface area contributed by atoms with Gasteiger partial charge in [-0.2, -0.15) is 0 Å². The molecule has 0 radical (unpaired) electrons. The third kappa shape index (κ3) is 5.30. The maximum atomic E-state index is 11.9. The van der Waals surface area contributed by atoms with Gasteiger partial charge in [0.05, 0.1) is 0 Å². The number of benzene rings is 1. The molecule has 20 heavy (non-hydrogen) atoms. The number of aliphatic carboxylic acids is 1. The number of nitrogens with zero attached hydrogens (tertiary/aromatic N) is 1. The van der Waals surface area contributed by atoms with Gasteiger partial charge in [0.25, 0.3) is 5.91 Å². The fraction of sp³-hybridized carbons (Fsp3) is 0.467. The molecule has 0 heterocycles. The van der Waals surface area contributed by atoms with Gasteiger partial charge in [-0.1, -0.05) is 13.0 Å². The summed E-state index contributed by atoms with van der Waals surface area (Å²) in [6.07, 6.45) is 0.711. The second-order valence-corrected chi connectivity index (χ2v) is 4.82. The molecule has 0 fully saturated rings. The van der Waals surface area contributed by atoms with Crippen molar-refractivity contribution in [1.82, 2.24) is 4.90 Å². The summed E-state index contributed by atoms with van der Waals surface area (Å²) in [5, 5.41) is 8.78. The molecule has 0 spiro atoms. The first-order valence-corrected chi connectivity index (χ1v) is 6.63. The highest BCUT2D eigenvalue weighted by Crippen LogP contribution is 2.16. The summed E-state index contributed by atoms with van der Waals surface area (Å²) in [7, 11) is 0. The molecule has 0 bridgehead atoms. The molecule has 0 saturated carbocycles. The number of carboxylic acids is 1. The zero-order chi connectivity index (χ0) is 15.1. The van der Waals surface area contributed by atoms with Crippen LogP contribution >= 0.6 is 0 Å². The molecule has 1 aromatic carbocycles. The SMILES string of the molecule is CCCN(CC(=O)O)C(=O)COc1cc(C)cc(C)c1. The predicted molar refractivity (Wildman–Crippen MR) is 75.9 cm³/mol. The summed E-state index contributed by atoms with van der Waals surface area (Å²) in [6, 6.07) is 5.71. The molecule has 0 aliphatic heterocycles. The number of carboxylic acid groups (broad SMARTS) is 1. The highest BCUT2D eigenvalue weighted by atomic mass is 16.5. The van der Waals surface area contributed by atoms with E-state index in [4.69, 9.17) is 9.84 Å². The Morgan fingerprint density at radius 3 is 2.30 bits per heavy atom. The van der Waals surface area contributed by atoms with Crippen LogP contribution in [0.4, 0.5) is 0 Å². The van der Waals surface area contributed by atoms with E-state index in [9.17, 15) is 9.59 Å². The van der Waals surface area contributed by atoms with E-state index in [1.807, 2.05) is 39.0 Å². The number of ether oxygens (including phenoxy) is 1. The van der Waals surface area contributed by atoms with Crippen LogP contribution in [0.25, 0.3) is 0 Å². The van der Waals surface area contributed by atoms with Crippen molar-refractivity contribution in [2.24, 2.45) is 0 Å². The third-order valence-electron chi connectivity index (χ3n) is 2.73. The Balaban J connectivity index is 2.61. The summed E-state index contributed by atoms with van der Waals surface area (Å²) < 4.78 is 5.45. The van der Waals surface area contributed by atoms with E-state index in [0.717, 1.165) is 11.1 Å². The predicted octanol–water partition coefficient (Wildman–Crippen LogP) is 2.01. The minimum Gasteiger partial charge on any atom is -0.484 e. The van der Waals surface area contributed by atoms with Crippen molar-refractivity contribution in [3.63, 3.8) is 0 Å². The monoisotopic (exact) mass is 279 g/mol. The van der Waals surface area contributed by atoms with Gasteiger partial charge in [-0.25, -0.2) is 0 Å². The summed E-state index contributed by atoms with van der Waals surface area (Å²) in [4.78, 5) is 24.0. The van der Waals surface area contributed by atoms with E-state index >= 15 is 0 Å². The number of amides is 1. The fourth-order valence-electron chi connectivity index (χ4n) is 1.98. The number of aryl methyl sites for hydroxylation is 2. The quantitative estimate of drug-likeness (QED) is 0.829. The van der Waals surface area contributed by atoms with Crippen molar-refractivity contribution < 1.29 is 19.4 Å². The summed E-state index contributed by atoms with van der Waals surface area (Å²) in [6.45, 7) is 5.79. The Kier molecular flexibility index (Phi) is 6.03. The first-order chi connectivity index (χ1) is 9.42.